The Balaban J connectivity index is 2.64. The molecule has 14 heavy (non-hydrogen) atoms. The van der Waals surface area contributed by atoms with Crippen LogP contribution in [0.25, 0.3) is 0 Å². The quantitative estimate of drug-likeness (QED) is 0.630. The molecule has 80 valence electrons. The lowest BCUT2D eigenvalue weighted by atomic mass is 9.91. The van der Waals surface area contributed by atoms with E-state index in [0.29, 0.717) is 0 Å². The second kappa shape index (κ2) is 4.44. The van der Waals surface area contributed by atoms with Gasteiger partial charge in [-0.25, -0.2) is 0 Å². The number of hydrogen-bond donors (Lipinski definition) is 0. The van der Waals surface area contributed by atoms with Crippen molar-refractivity contribution in [2.24, 2.45) is 5.92 Å². The highest BCUT2D eigenvalue weighted by Crippen LogP contribution is 2.26. The second-order valence-electron chi connectivity index (χ2n) is 3.65. The lowest BCUT2D eigenvalue weighted by Crippen LogP contribution is -2.42. The molecule has 0 unspecified atom stereocenters. The summed E-state index contributed by atoms with van der Waals surface area (Å²) in [7, 11) is 0. The molecule has 4 heteroatoms. The van der Waals surface area contributed by atoms with E-state index >= 15 is 0 Å². The normalized spacial score (nSPS) is 32.2. The first-order chi connectivity index (χ1) is 6.54. The molecule has 0 aliphatic carbocycles. The lowest BCUT2D eigenvalue weighted by molar-refractivity contribution is -0.176. The SMILES string of the molecule is CC[C@H]1OC(=O)C[C@@H](OC(C)=O)[C@@H]1C. The topological polar surface area (TPSA) is 52.6 Å². The highest BCUT2D eigenvalue weighted by Gasteiger charge is 2.36. The summed E-state index contributed by atoms with van der Waals surface area (Å²) in [5.41, 5.74) is 0. The predicted octanol–water partition coefficient (Wildman–Crippen LogP) is 1.28. The summed E-state index contributed by atoms with van der Waals surface area (Å²) in [6.07, 6.45) is 0.487. The Labute approximate surface area is 83.6 Å². The summed E-state index contributed by atoms with van der Waals surface area (Å²) in [6, 6.07) is 0. The highest BCUT2D eigenvalue weighted by molar-refractivity contribution is 5.72. The molecular formula is C10H16O4. The summed E-state index contributed by atoms with van der Waals surface area (Å²) in [6.45, 7) is 5.24. The molecule has 0 amide bonds. The van der Waals surface area contributed by atoms with Gasteiger partial charge in [0.2, 0.25) is 0 Å². The van der Waals surface area contributed by atoms with Crippen LogP contribution in [-0.2, 0) is 19.1 Å². The maximum Gasteiger partial charge on any atom is 0.309 e. The summed E-state index contributed by atoms with van der Waals surface area (Å²) in [5, 5.41) is 0. The first-order valence-electron chi connectivity index (χ1n) is 4.91. The van der Waals surface area contributed by atoms with Crippen LogP contribution in [0.5, 0.6) is 0 Å². The second-order valence-corrected chi connectivity index (χ2v) is 3.65. The Morgan fingerprint density at radius 2 is 2.29 bits per heavy atom. The number of esters is 2. The smallest absolute Gasteiger partial charge is 0.309 e. The van der Waals surface area contributed by atoms with Crippen LogP contribution in [0.1, 0.15) is 33.6 Å². The van der Waals surface area contributed by atoms with Gasteiger partial charge >= 0.3 is 11.9 Å². The summed E-state index contributed by atoms with van der Waals surface area (Å²) >= 11 is 0. The molecule has 0 spiro atoms. The van der Waals surface area contributed by atoms with E-state index in [1.807, 2.05) is 13.8 Å². The molecule has 1 aliphatic rings. The minimum absolute atomic E-state index is 0.0848. The van der Waals surface area contributed by atoms with Crippen molar-refractivity contribution in [1.29, 1.82) is 0 Å². The van der Waals surface area contributed by atoms with Crippen molar-refractivity contribution in [3.8, 4) is 0 Å². The molecule has 0 bridgehead atoms. The van der Waals surface area contributed by atoms with E-state index in [4.69, 9.17) is 9.47 Å². The molecule has 0 aromatic heterocycles. The van der Waals surface area contributed by atoms with Gasteiger partial charge in [0.1, 0.15) is 12.2 Å². The van der Waals surface area contributed by atoms with Gasteiger partial charge in [-0.1, -0.05) is 13.8 Å². The van der Waals surface area contributed by atoms with E-state index < -0.39 is 0 Å². The Morgan fingerprint density at radius 3 is 2.79 bits per heavy atom. The van der Waals surface area contributed by atoms with Gasteiger partial charge in [-0.05, 0) is 6.42 Å². The Hall–Kier alpha value is -1.06. The monoisotopic (exact) mass is 200 g/mol. The first kappa shape index (κ1) is 11.0. The Morgan fingerprint density at radius 1 is 1.64 bits per heavy atom. The van der Waals surface area contributed by atoms with Crippen molar-refractivity contribution in [2.75, 3.05) is 0 Å². The fraction of sp³-hybridized carbons (Fsp3) is 0.800. The van der Waals surface area contributed by atoms with Crippen molar-refractivity contribution in [3.63, 3.8) is 0 Å². The molecule has 1 aliphatic heterocycles. The minimum Gasteiger partial charge on any atom is -0.462 e. The third-order valence-electron chi connectivity index (χ3n) is 2.54. The first-order valence-corrected chi connectivity index (χ1v) is 4.91. The molecule has 4 nitrogen and oxygen atoms in total. The standard InChI is InChI=1S/C10H16O4/c1-4-8-6(2)9(13-7(3)11)5-10(12)14-8/h6,8-9H,4-5H2,1-3H3/t6-,8-,9-/m1/s1. The van der Waals surface area contributed by atoms with Gasteiger partial charge in [-0.15, -0.1) is 0 Å². The van der Waals surface area contributed by atoms with Crippen LogP contribution in [0.3, 0.4) is 0 Å². The van der Waals surface area contributed by atoms with E-state index in [1.54, 1.807) is 0 Å². The van der Waals surface area contributed by atoms with Gasteiger partial charge in [0.25, 0.3) is 0 Å². The van der Waals surface area contributed by atoms with Gasteiger partial charge in [0.05, 0.1) is 6.42 Å². The molecular weight excluding hydrogens is 184 g/mol. The number of ether oxygens (including phenoxy) is 2. The summed E-state index contributed by atoms with van der Waals surface area (Å²) < 4.78 is 10.2. The number of carbonyl (C=O) groups excluding carboxylic acids is 2. The van der Waals surface area contributed by atoms with E-state index in [2.05, 4.69) is 0 Å². The zero-order chi connectivity index (χ0) is 10.7. The zero-order valence-electron chi connectivity index (χ0n) is 8.78. The van der Waals surface area contributed by atoms with Crippen LogP contribution in [0.4, 0.5) is 0 Å². The van der Waals surface area contributed by atoms with Crippen LogP contribution in [-0.4, -0.2) is 24.1 Å². The molecule has 0 radical (unpaired) electrons. The number of carbonyl (C=O) groups is 2. The Kier molecular flexibility index (Phi) is 3.49. The third-order valence-corrected chi connectivity index (χ3v) is 2.54. The molecule has 1 fully saturated rings. The van der Waals surface area contributed by atoms with Crippen molar-refractivity contribution in [3.05, 3.63) is 0 Å². The van der Waals surface area contributed by atoms with Gasteiger partial charge in [-0.3, -0.25) is 9.59 Å². The van der Waals surface area contributed by atoms with Crippen molar-refractivity contribution < 1.29 is 19.1 Å². The minimum atomic E-state index is -0.341. The average molecular weight is 200 g/mol. The van der Waals surface area contributed by atoms with Crippen LogP contribution in [0, 0.1) is 5.92 Å². The molecule has 1 rings (SSSR count). The van der Waals surface area contributed by atoms with Crippen LogP contribution in [0.15, 0.2) is 0 Å². The maximum absolute atomic E-state index is 11.2. The molecule has 0 aromatic carbocycles. The number of rotatable bonds is 2. The zero-order valence-corrected chi connectivity index (χ0v) is 8.78. The molecule has 0 aromatic rings. The molecule has 3 atom stereocenters. The van der Waals surface area contributed by atoms with Crippen LogP contribution in [0.2, 0.25) is 0 Å². The third kappa shape index (κ3) is 2.47. The fourth-order valence-corrected chi connectivity index (χ4v) is 1.73. The van der Waals surface area contributed by atoms with Gasteiger partial charge < -0.3 is 9.47 Å². The molecule has 0 N–H and O–H groups in total. The van der Waals surface area contributed by atoms with E-state index in [-0.39, 0.29) is 36.5 Å². The van der Waals surface area contributed by atoms with Crippen molar-refractivity contribution >= 4 is 11.9 Å². The van der Waals surface area contributed by atoms with Gasteiger partial charge in [0.15, 0.2) is 0 Å². The van der Waals surface area contributed by atoms with E-state index in [1.165, 1.54) is 6.92 Å². The van der Waals surface area contributed by atoms with Gasteiger partial charge in [0, 0.05) is 12.8 Å². The fourth-order valence-electron chi connectivity index (χ4n) is 1.73. The van der Waals surface area contributed by atoms with Crippen molar-refractivity contribution in [2.45, 2.75) is 45.8 Å². The Bertz CT molecular complexity index is 234. The number of cyclic esters (lactones) is 1. The summed E-state index contributed by atoms with van der Waals surface area (Å²) in [5.74, 6) is -0.533. The number of hydrogen-bond acceptors (Lipinski definition) is 4. The van der Waals surface area contributed by atoms with E-state index in [0.717, 1.165) is 6.42 Å². The summed E-state index contributed by atoms with van der Waals surface area (Å²) in [4.78, 5) is 21.9. The lowest BCUT2D eigenvalue weighted by Gasteiger charge is -2.33. The predicted molar refractivity (Wildman–Crippen MR) is 49.5 cm³/mol. The van der Waals surface area contributed by atoms with Crippen LogP contribution >= 0.6 is 0 Å². The molecule has 0 saturated carbocycles. The maximum atomic E-state index is 11.2. The van der Waals surface area contributed by atoms with Crippen molar-refractivity contribution in [1.82, 2.24) is 0 Å². The van der Waals surface area contributed by atoms with Crippen LogP contribution < -0.4 is 0 Å². The van der Waals surface area contributed by atoms with E-state index in [9.17, 15) is 9.59 Å². The molecule has 1 heterocycles. The largest absolute Gasteiger partial charge is 0.462 e. The average Bonchev–Trinajstić information content (AvgIpc) is 2.09. The highest BCUT2D eigenvalue weighted by atomic mass is 16.6. The van der Waals surface area contributed by atoms with Gasteiger partial charge in [-0.2, -0.15) is 0 Å². The molecule has 1 saturated heterocycles.